The molecule has 0 bridgehead atoms. The molecule has 0 atom stereocenters. The van der Waals surface area contributed by atoms with Gasteiger partial charge in [0.25, 0.3) is 0 Å². The molecule has 0 heterocycles. The van der Waals surface area contributed by atoms with Gasteiger partial charge in [0, 0.05) is 16.5 Å². The van der Waals surface area contributed by atoms with Gasteiger partial charge in [0.15, 0.2) is 11.6 Å². The minimum absolute atomic E-state index is 0. The van der Waals surface area contributed by atoms with Gasteiger partial charge in [0.05, 0.1) is 0 Å². The van der Waals surface area contributed by atoms with Gasteiger partial charge in [-0.2, -0.15) is 0 Å². The second-order valence-corrected chi connectivity index (χ2v) is 11.0. The monoisotopic (exact) mass is 406 g/mol. The van der Waals surface area contributed by atoms with Crippen LogP contribution in [0.5, 0.6) is 0 Å². The molecule has 2 radical (unpaired) electrons. The van der Waals surface area contributed by atoms with Gasteiger partial charge in [-0.1, -0.05) is 41.5 Å². The third-order valence-electron chi connectivity index (χ3n) is 3.39. The van der Waals surface area contributed by atoms with E-state index in [-0.39, 0.29) is 16.5 Å². The van der Waals surface area contributed by atoms with Crippen LogP contribution in [0.25, 0.3) is 0 Å². The number of rotatable bonds is 6. The van der Waals surface area contributed by atoms with Crippen LogP contribution < -0.4 is 0 Å². The summed E-state index contributed by atoms with van der Waals surface area (Å²) < 4.78 is 23.8. The van der Waals surface area contributed by atoms with E-state index >= 15 is 0 Å². The summed E-state index contributed by atoms with van der Waals surface area (Å²) in [5, 5.41) is 0. The predicted molar refractivity (Wildman–Crippen MR) is 101 cm³/mol. The standard InChI is InChI=1S/C6H2F2.2C6H15P.Ni/c7-5-3-1-2-4-6(5)8;2*1-4-7(5-2)6-3;/h3-4H;2*4-6H2,1-3H3;. The Morgan fingerprint density at radius 2 is 0.870 bits per heavy atom. The van der Waals surface area contributed by atoms with Crippen LogP contribution in [0, 0.1) is 23.8 Å². The molecule has 0 spiro atoms. The van der Waals surface area contributed by atoms with Gasteiger partial charge in [-0.15, -0.1) is 15.8 Å². The molecule has 1 aromatic carbocycles. The van der Waals surface area contributed by atoms with Crippen LogP contribution >= 0.6 is 15.8 Å². The first-order chi connectivity index (χ1) is 10.5. The fourth-order valence-electron chi connectivity index (χ4n) is 1.69. The van der Waals surface area contributed by atoms with Crippen LogP contribution in [0.1, 0.15) is 41.5 Å². The average Bonchev–Trinajstić information content (AvgIpc) is 2.55. The van der Waals surface area contributed by atoms with Gasteiger partial charge in [-0.25, -0.2) is 8.78 Å². The number of hydrogen-bond donors (Lipinski definition) is 0. The second-order valence-electron chi connectivity index (χ2n) is 4.51. The molecule has 0 fully saturated rings. The van der Waals surface area contributed by atoms with Crippen molar-refractivity contribution in [3.8, 4) is 0 Å². The Bertz CT molecular complexity index is 300. The van der Waals surface area contributed by atoms with E-state index in [0.29, 0.717) is 15.8 Å². The molecule has 0 saturated carbocycles. The molecule has 0 saturated heterocycles. The van der Waals surface area contributed by atoms with E-state index in [1.54, 1.807) is 0 Å². The van der Waals surface area contributed by atoms with E-state index in [2.05, 4.69) is 53.7 Å². The summed E-state index contributed by atoms with van der Waals surface area (Å²) in [7, 11) is 0.892. The summed E-state index contributed by atoms with van der Waals surface area (Å²) in [6.07, 6.45) is 8.51. The Morgan fingerprint density at radius 3 is 0.957 bits per heavy atom. The van der Waals surface area contributed by atoms with E-state index in [1.807, 2.05) is 0 Å². The van der Waals surface area contributed by atoms with E-state index in [0.717, 1.165) is 12.1 Å². The Kier molecular flexibility index (Phi) is 25.1. The largest absolute Gasteiger partial charge is 0.204 e. The molecule has 1 rings (SSSR count). The van der Waals surface area contributed by atoms with Crippen LogP contribution in [-0.4, -0.2) is 37.0 Å². The molecule has 0 amide bonds. The molecule has 138 valence electrons. The predicted octanol–water partition coefficient (Wildman–Crippen LogP) is 6.62. The molecular formula is C18H32F2NiP2. The minimum atomic E-state index is -0.885. The van der Waals surface area contributed by atoms with Crippen molar-refractivity contribution in [2.24, 2.45) is 0 Å². The van der Waals surface area contributed by atoms with Crippen LogP contribution in [0.3, 0.4) is 0 Å². The molecule has 0 unspecified atom stereocenters. The Balaban J connectivity index is -0.000000257. The van der Waals surface area contributed by atoms with Crippen LogP contribution in [0.4, 0.5) is 8.78 Å². The van der Waals surface area contributed by atoms with Crippen LogP contribution in [0.2, 0.25) is 0 Å². The number of hydrogen-bond acceptors (Lipinski definition) is 0. The van der Waals surface area contributed by atoms with E-state index in [1.165, 1.54) is 37.0 Å². The quantitative estimate of drug-likeness (QED) is 0.368. The van der Waals surface area contributed by atoms with Crippen LogP contribution in [0.15, 0.2) is 12.1 Å². The van der Waals surface area contributed by atoms with Crippen molar-refractivity contribution in [1.82, 2.24) is 0 Å². The molecule has 1 aromatic rings. The summed E-state index contributed by atoms with van der Waals surface area (Å²) >= 11 is 0. The average molecular weight is 407 g/mol. The Morgan fingerprint density at radius 1 is 0.652 bits per heavy atom. The summed E-state index contributed by atoms with van der Waals surface area (Å²) in [5.74, 6) is -1.77. The molecule has 0 aliphatic carbocycles. The van der Waals surface area contributed by atoms with Crippen molar-refractivity contribution in [1.29, 1.82) is 0 Å². The molecule has 0 aromatic heterocycles. The first-order valence-electron chi connectivity index (χ1n) is 8.17. The first-order valence-corrected chi connectivity index (χ1v) is 12.0. The van der Waals surface area contributed by atoms with Gasteiger partial charge in [0.2, 0.25) is 0 Å². The summed E-state index contributed by atoms with van der Waals surface area (Å²) in [5.41, 5.74) is 0. The summed E-state index contributed by atoms with van der Waals surface area (Å²) in [6, 6.07) is 6.32. The van der Waals surface area contributed by atoms with E-state index in [4.69, 9.17) is 0 Å². The molecule has 5 heteroatoms. The summed E-state index contributed by atoms with van der Waals surface area (Å²) in [4.78, 5) is 0. The zero-order chi connectivity index (χ0) is 17.4. The third-order valence-corrected chi connectivity index (χ3v) is 8.76. The normalized spacial score (nSPS) is 9.48. The number of halogens is 2. The smallest absolute Gasteiger partial charge is 0.159 e. The summed E-state index contributed by atoms with van der Waals surface area (Å²) in [6.45, 7) is 13.7. The fourth-order valence-corrected chi connectivity index (χ4v) is 4.37. The maximum atomic E-state index is 11.9. The second kappa shape index (κ2) is 20.5. The maximum absolute atomic E-state index is 11.9. The SMILES string of the molecule is CCP(CC)CC.CCP(CC)CC.Fc1c[c][c]cc1F.[Ni]. The Labute approximate surface area is 155 Å². The van der Waals surface area contributed by atoms with Gasteiger partial charge in [0.1, 0.15) is 0 Å². The minimum Gasteiger partial charge on any atom is -0.204 e. The van der Waals surface area contributed by atoms with Crippen molar-refractivity contribution in [3.63, 3.8) is 0 Å². The zero-order valence-electron chi connectivity index (χ0n) is 15.4. The fraction of sp³-hybridized carbons (Fsp3) is 0.667. The zero-order valence-corrected chi connectivity index (χ0v) is 18.1. The van der Waals surface area contributed by atoms with Crippen molar-refractivity contribution in [2.75, 3.05) is 37.0 Å². The third kappa shape index (κ3) is 17.1. The molecule has 0 aliphatic rings. The molecular weight excluding hydrogens is 375 g/mol. The topological polar surface area (TPSA) is 0 Å². The number of benzene rings is 1. The first kappa shape index (κ1) is 28.2. The van der Waals surface area contributed by atoms with E-state index < -0.39 is 11.6 Å². The van der Waals surface area contributed by atoms with Crippen molar-refractivity contribution < 1.29 is 25.3 Å². The van der Waals surface area contributed by atoms with Gasteiger partial charge < -0.3 is 0 Å². The Hall–Kier alpha value is 0.434. The molecule has 0 N–H and O–H groups in total. The van der Waals surface area contributed by atoms with Crippen molar-refractivity contribution >= 4 is 15.8 Å². The van der Waals surface area contributed by atoms with Gasteiger partial charge >= 0.3 is 0 Å². The van der Waals surface area contributed by atoms with Gasteiger partial charge in [-0.3, -0.25) is 0 Å². The van der Waals surface area contributed by atoms with E-state index in [9.17, 15) is 8.78 Å². The van der Waals surface area contributed by atoms with Gasteiger partial charge in [-0.05, 0) is 61.2 Å². The molecule has 23 heavy (non-hydrogen) atoms. The molecule has 0 nitrogen and oxygen atoms in total. The molecule has 0 aliphatic heterocycles. The van der Waals surface area contributed by atoms with Crippen LogP contribution in [-0.2, 0) is 16.5 Å². The maximum Gasteiger partial charge on any atom is 0.159 e. The van der Waals surface area contributed by atoms with Crippen molar-refractivity contribution in [2.45, 2.75) is 41.5 Å². The van der Waals surface area contributed by atoms with Crippen molar-refractivity contribution in [3.05, 3.63) is 35.9 Å².